The van der Waals surface area contributed by atoms with Crippen molar-refractivity contribution in [2.45, 2.75) is 83.7 Å². The van der Waals surface area contributed by atoms with E-state index in [9.17, 15) is 0 Å². The van der Waals surface area contributed by atoms with Crippen molar-refractivity contribution in [2.75, 3.05) is 0 Å². The molecule has 2 aliphatic heterocycles. The van der Waals surface area contributed by atoms with Gasteiger partial charge in [-0.25, -0.2) is 0 Å². The summed E-state index contributed by atoms with van der Waals surface area (Å²) in [5.74, 6) is 3.60. The van der Waals surface area contributed by atoms with Crippen molar-refractivity contribution in [3.63, 3.8) is 0 Å². The van der Waals surface area contributed by atoms with Crippen molar-refractivity contribution >= 4 is 14.0 Å². The Kier molecular flexibility index (Phi) is 2.51. The third-order valence-electron chi connectivity index (χ3n) is 11.0. The Morgan fingerprint density at radius 2 is 1.42 bits per heavy atom. The molecule has 6 aliphatic carbocycles. The third kappa shape index (κ3) is 1.37. The zero-order valence-electron chi connectivity index (χ0n) is 16.7. The lowest BCUT2D eigenvalue weighted by atomic mass is 9.40. The predicted octanol–water partition coefficient (Wildman–Crippen LogP) is 3.13. The van der Waals surface area contributed by atoms with Crippen LogP contribution in [0.5, 0.6) is 0 Å². The van der Waals surface area contributed by atoms with Crippen LogP contribution in [0.2, 0.25) is 0 Å². The van der Waals surface area contributed by atoms with Gasteiger partial charge in [0.05, 0.1) is 23.4 Å². The van der Waals surface area contributed by atoms with Crippen LogP contribution in [0, 0.1) is 40.4 Å². The van der Waals surface area contributed by atoms with Gasteiger partial charge in [0.2, 0.25) is 0 Å². The SMILES string of the molecule is CC1(C)C2CC3OB(B4OC5C6CC7C[C@@H]([C@]76C)[C@]5(C)O4)O[C@@]3(C)[C@H]1C2. The Balaban J connectivity index is 1.15. The molecule has 0 aromatic heterocycles. The molecule has 8 aliphatic rings. The second-order valence-corrected chi connectivity index (χ2v) is 11.8. The van der Waals surface area contributed by atoms with Gasteiger partial charge in [-0.05, 0) is 80.0 Å². The van der Waals surface area contributed by atoms with Gasteiger partial charge in [0.15, 0.2) is 0 Å². The van der Waals surface area contributed by atoms with Crippen molar-refractivity contribution < 1.29 is 18.6 Å². The highest BCUT2D eigenvalue weighted by Crippen LogP contribution is 2.79. The highest BCUT2D eigenvalue weighted by molar-refractivity contribution is 7.11. The van der Waals surface area contributed by atoms with Crippen LogP contribution < -0.4 is 0 Å². The number of hydrogen-bond acceptors (Lipinski definition) is 4. The fourth-order valence-corrected chi connectivity index (χ4v) is 9.06. The van der Waals surface area contributed by atoms with Crippen molar-refractivity contribution in [3.8, 4) is 0 Å². The molecule has 0 aromatic rings. The van der Waals surface area contributed by atoms with Crippen LogP contribution >= 0.6 is 0 Å². The first-order chi connectivity index (χ1) is 12.2. The van der Waals surface area contributed by atoms with Gasteiger partial charge in [0, 0.05) is 0 Å². The first-order valence-electron chi connectivity index (χ1n) is 10.9. The smallest absolute Gasteiger partial charge is 0.407 e. The van der Waals surface area contributed by atoms with E-state index >= 15 is 0 Å². The zero-order chi connectivity index (χ0) is 17.9. The fourth-order valence-electron chi connectivity index (χ4n) is 9.06. The van der Waals surface area contributed by atoms with Gasteiger partial charge in [-0.15, -0.1) is 0 Å². The molecule has 0 spiro atoms. The van der Waals surface area contributed by atoms with Crippen molar-refractivity contribution in [2.24, 2.45) is 40.4 Å². The van der Waals surface area contributed by atoms with E-state index in [2.05, 4.69) is 34.6 Å². The maximum atomic E-state index is 6.63. The molecular weight excluding hydrogens is 326 g/mol. The van der Waals surface area contributed by atoms with Crippen LogP contribution in [0.25, 0.3) is 0 Å². The first-order valence-corrected chi connectivity index (χ1v) is 10.9. The van der Waals surface area contributed by atoms with Crippen LogP contribution in [-0.4, -0.2) is 37.4 Å². The molecule has 0 radical (unpaired) electrons. The molecule has 5 unspecified atom stereocenters. The average molecular weight is 356 g/mol. The molecule has 140 valence electrons. The van der Waals surface area contributed by atoms with Gasteiger partial charge >= 0.3 is 14.0 Å². The minimum atomic E-state index is -0.357. The van der Waals surface area contributed by atoms with E-state index in [1.165, 1.54) is 19.3 Å². The summed E-state index contributed by atoms with van der Waals surface area (Å²) in [7, 11) is -0.707. The monoisotopic (exact) mass is 356 g/mol. The Morgan fingerprint density at radius 3 is 2.15 bits per heavy atom. The molecule has 2 heterocycles. The normalized spacial score (nSPS) is 65.7. The summed E-state index contributed by atoms with van der Waals surface area (Å²) in [6, 6.07) is 0. The molecule has 26 heavy (non-hydrogen) atoms. The molecule has 6 heteroatoms. The second kappa shape index (κ2) is 4.13. The standard InChI is InChI=1S/C20H30B2O4/c1-17(2)10-7-13(17)19(4)15(9-10)23-21(25-19)22-24-16-12-6-11-8-14(18(11,12)3)20(16,5)26-22/h10-16H,6-9H2,1-5H3/t10?,11?,12?,13-,14-,15?,16?,18+,19-,20-/m0/s1. The fraction of sp³-hybridized carbons (Fsp3) is 1.00. The highest BCUT2D eigenvalue weighted by atomic mass is 16.7. The molecule has 0 amide bonds. The molecule has 0 aromatic carbocycles. The van der Waals surface area contributed by atoms with Crippen molar-refractivity contribution in [1.29, 1.82) is 0 Å². The lowest BCUT2D eigenvalue weighted by Gasteiger charge is -2.64. The molecular formula is C20H30B2O4. The van der Waals surface area contributed by atoms with E-state index in [1.807, 2.05) is 0 Å². The van der Waals surface area contributed by atoms with Crippen molar-refractivity contribution in [3.05, 3.63) is 0 Å². The van der Waals surface area contributed by atoms with Gasteiger partial charge in [0.1, 0.15) is 0 Å². The van der Waals surface area contributed by atoms with E-state index in [4.69, 9.17) is 18.6 Å². The van der Waals surface area contributed by atoms with Gasteiger partial charge in [-0.2, -0.15) is 0 Å². The van der Waals surface area contributed by atoms with E-state index in [-0.39, 0.29) is 37.4 Å². The quantitative estimate of drug-likeness (QED) is 0.677. The maximum absolute atomic E-state index is 6.63. The lowest BCUT2D eigenvalue weighted by Crippen LogP contribution is -2.65. The minimum absolute atomic E-state index is 0.139. The molecule has 2 saturated heterocycles. The van der Waals surface area contributed by atoms with Gasteiger partial charge in [-0.3, -0.25) is 0 Å². The molecule has 8 fully saturated rings. The van der Waals surface area contributed by atoms with E-state index in [0.717, 1.165) is 18.3 Å². The summed E-state index contributed by atoms with van der Waals surface area (Å²) in [6.45, 7) is 11.9. The van der Waals surface area contributed by atoms with Crippen LogP contribution in [0.1, 0.15) is 60.3 Å². The molecule has 0 N–H and O–H groups in total. The largest absolute Gasteiger partial charge is 0.488 e. The molecule has 2 bridgehead atoms. The Bertz CT molecular complexity index is 704. The summed E-state index contributed by atoms with van der Waals surface area (Å²) in [5, 5.41) is 0. The summed E-state index contributed by atoms with van der Waals surface area (Å²) in [4.78, 5) is 0. The Labute approximate surface area is 157 Å². The van der Waals surface area contributed by atoms with Crippen LogP contribution in [0.15, 0.2) is 0 Å². The van der Waals surface area contributed by atoms with E-state index in [1.54, 1.807) is 0 Å². The molecule has 8 rings (SSSR count). The number of fused-ring (bicyclic) bond motifs is 3. The lowest BCUT2D eigenvalue weighted by molar-refractivity contribution is -0.199. The second-order valence-electron chi connectivity index (χ2n) is 11.8. The molecule has 10 atom stereocenters. The summed E-state index contributed by atoms with van der Waals surface area (Å²) in [5.41, 5.74) is 0.533. The highest BCUT2D eigenvalue weighted by Gasteiger charge is 2.81. The van der Waals surface area contributed by atoms with E-state index in [0.29, 0.717) is 28.6 Å². The van der Waals surface area contributed by atoms with Crippen molar-refractivity contribution in [1.82, 2.24) is 0 Å². The number of rotatable bonds is 1. The minimum Gasteiger partial charge on any atom is -0.407 e. The third-order valence-corrected chi connectivity index (χ3v) is 11.0. The topological polar surface area (TPSA) is 36.9 Å². The Morgan fingerprint density at radius 1 is 0.731 bits per heavy atom. The first kappa shape index (κ1) is 15.8. The summed E-state index contributed by atoms with van der Waals surface area (Å²) < 4.78 is 26.2. The van der Waals surface area contributed by atoms with Crippen LogP contribution in [-0.2, 0) is 18.6 Å². The molecule has 4 nitrogen and oxygen atoms in total. The van der Waals surface area contributed by atoms with Gasteiger partial charge in [-0.1, -0.05) is 20.8 Å². The maximum Gasteiger partial charge on any atom is 0.488 e. The summed E-state index contributed by atoms with van der Waals surface area (Å²) in [6.07, 6.45) is 5.48. The van der Waals surface area contributed by atoms with Gasteiger partial charge < -0.3 is 18.6 Å². The average Bonchev–Trinajstić information content (AvgIpc) is 3.09. The molecule has 6 saturated carbocycles. The van der Waals surface area contributed by atoms with Gasteiger partial charge in [0.25, 0.3) is 0 Å². The summed E-state index contributed by atoms with van der Waals surface area (Å²) >= 11 is 0. The van der Waals surface area contributed by atoms with Crippen LogP contribution in [0.4, 0.5) is 0 Å². The predicted molar refractivity (Wildman–Crippen MR) is 98.0 cm³/mol. The number of hydrogen-bond donors (Lipinski definition) is 0. The Hall–Kier alpha value is -0.0301. The van der Waals surface area contributed by atoms with E-state index < -0.39 is 0 Å². The zero-order valence-corrected chi connectivity index (χ0v) is 16.7. The van der Waals surface area contributed by atoms with Crippen LogP contribution in [0.3, 0.4) is 0 Å².